The first-order chi connectivity index (χ1) is 11.1. The molecule has 2 atom stereocenters. The second-order valence-electron chi connectivity index (χ2n) is 6.13. The van der Waals surface area contributed by atoms with Crippen LogP contribution in [0, 0.1) is 5.92 Å². The minimum Gasteiger partial charge on any atom is -0.378 e. The maximum absolute atomic E-state index is 12.3. The van der Waals surface area contributed by atoms with Gasteiger partial charge in [0.15, 0.2) is 0 Å². The minimum absolute atomic E-state index is 0.0239. The van der Waals surface area contributed by atoms with Crippen LogP contribution in [0.4, 0.5) is 5.69 Å². The first-order valence-corrected chi connectivity index (χ1v) is 8.83. The molecule has 1 aliphatic carbocycles. The third kappa shape index (κ3) is 4.19. The van der Waals surface area contributed by atoms with Crippen LogP contribution in [-0.4, -0.2) is 48.9 Å². The Morgan fingerprint density at radius 2 is 2.13 bits per heavy atom. The Balaban J connectivity index is 1.61. The van der Waals surface area contributed by atoms with Crippen LogP contribution in [0.15, 0.2) is 28.7 Å². The van der Waals surface area contributed by atoms with Crippen LogP contribution in [0.25, 0.3) is 0 Å². The number of ketones is 1. The topological polar surface area (TPSA) is 58.6 Å². The fraction of sp³-hybridized carbons (Fsp3) is 0.529. The van der Waals surface area contributed by atoms with Gasteiger partial charge in [-0.3, -0.25) is 14.5 Å². The van der Waals surface area contributed by atoms with E-state index in [0.717, 1.165) is 23.0 Å². The summed E-state index contributed by atoms with van der Waals surface area (Å²) in [4.78, 5) is 26.5. The summed E-state index contributed by atoms with van der Waals surface area (Å²) in [6, 6.07) is 7.54. The molecule has 0 radical (unpaired) electrons. The van der Waals surface area contributed by atoms with E-state index >= 15 is 0 Å². The van der Waals surface area contributed by atoms with Crippen molar-refractivity contribution in [3.63, 3.8) is 0 Å². The zero-order valence-electron chi connectivity index (χ0n) is 13.0. The molecule has 1 aromatic carbocycles. The summed E-state index contributed by atoms with van der Waals surface area (Å²) in [7, 11) is 0. The number of ether oxygens (including phenoxy) is 1. The lowest BCUT2D eigenvalue weighted by Gasteiger charge is -2.37. The van der Waals surface area contributed by atoms with E-state index < -0.39 is 0 Å². The zero-order chi connectivity index (χ0) is 16.2. The number of carbonyl (C=O) groups excluding carboxylic acids is 2. The van der Waals surface area contributed by atoms with E-state index in [-0.39, 0.29) is 17.9 Å². The van der Waals surface area contributed by atoms with E-state index in [0.29, 0.717) is 38.5 Å². The van der Waals surface area contributed by atoms with E-state index in [4.69, 9.17) is 4.74 Å². The molecule has 0 unspecified atom stereocenters. The van der Waals surface area contributed by atoms with Gasteiger partial charge in [0.25, 0.3) is 0 Å². The van der Waals surface area contributed by atoms with Crippen LogP contribution in [0.2, 0.25) is 0 Å². The average molecular weight is 381 g/mol. The Labute approximate surface area is 144 Å². The molecule has 1 aromatic rings. The summed E-state index contributed by atoms with van der Waals surface area (Å²) in [6.07, 6.45) is 2.54. The number of hydrogen-bond donors (Lipinski definition) is 1. The lowest BCUT2D eigenvalue weighted by Crippen LogP contribution is -2.52. The molecule has 124 valence electrons. The van der Waals surface area contributed by atoms with Gasteiger partial charge in [0.2, 0.25) is 5.91 Å². The number of benzene rings is 1. The molecule has 1 heterocycles. The molecule has 1 N–H and O–H groups in total. The van der Waals surface area contributed by atoms with Gasteiger partial charge in [-0.2, -0.15) is 0 Å². The quantitative estimate of drug-likeness (QED) is 0.871. The molecule has 2 aliphatic rings. The highest BCUT2D eigenvalue weighted by Crippen LogP contribution is 2.29. The molecule has 6 heteroatoms. The van der Waals surface area contributed by atoms with Crippen molar-refractivity contribution in [2.45, 2.75) is 25.3 Å². The Morgan fingerprint density at radius 1 is 1.35 bits per heavy atom. The molecule has 5 nitrogen and oxygen atoms in total. The lowest BCUT2D eigenvalue weighted by molar-refractivity contribution is -0.128. The van der Waals surface area contributed by atoms with Crippen LogP contribution < -0.4 is 5.32 Å². The van der Waals surface area contributed by atoms with Gasteiger partial charge in [-0.1, -0.05) is 15.9 Å². The molecule has 1 amide bonds. The number of Topliss-reactive ketones (excluding diaryl/α,β-unsaturated/α-hetero) is 1. The Morgan fingerprint density at radius 3 is 2.83 bits per heavy atom. The molecular formula is C17H21BrN2O3. The number of nitrogens with one attached hydrogen (secondary N) is 1. The van der Waals surface area contributed by atoms with Gasteiger partial charge < -0.3 is 10.1 Å². The smallest absolute Gasteiger partial charge is 0.238 e. The van der Waals surface area contributed by atoms with E-state index in [2.05, 4.69) is 26.1 Å². The summed E-state index contributed by atoms with van der Waals surface area (Å²) in [6.45, 7) is 2.15. The number of halogens is 1. The fourth-order valence-electron chi connectivity index (χ4n) is 3.39. The van der Waals surface area contributed by atoms with Crippen LogP contribution >= 0.6 is 15.9 Å². The molecule has 1 saturated heterocycles. The maximum Gasteiger partial charge on any atom is 0.238 e. The summed E-state index contributed by atoms with van der Waals surface area (Å²) in [5.41, 5.74) is 0.778. The number of carbonyl (C=O) groups is 2. The predicted molar refractivity (Wildman–Crippen MR) is 91.3 cm³/mol. The Kier molecular flexibility index (Phi) is 5.46. The van der Waals surface area contributed by atoms with Crippen molar-refractivity contribution in [1.82, 2.24) is 4.90 Å². The highest BCUT2D eigenvalue weighted by atomic mass is 79.9. The summed E-state index contributed by atoms with van der Waals surface area (Å²) in [5.74, 6) is 0.291. The van der Waals surface area contributed by atoms with Gasteiger partial charge in [-0.05, 0) is 37.1 Å². The van der Waals surface area contributed by atoms with Gasteiger partial charge in [-0.15, -0.1) is 0 Å². The molecule has 1 saturated carbocycles. The Bertz CT molecular complexity index is 576. The van der Waals surface area contributed by atoms with Crippen LogP contribution in [-0.2, 0) is 14.3 Å². The van der Waals surface area contributed by atoms with Crippen LogP contribution in [0.5, 0.6) is 0 Å². The largest absolute Gasteiger partial charge is 0.378 e. The van der Waals surface area contributed by atoms with Crippen molar-refractivity contribution >= 4 is 33.3 Å². The minimum atomic E-state index is -0.0512. The highest BCUT2D eigenvalue weighted by molar-refractivity contribution is 9.10. The van der Waals surface area contributed by atoms with Crippen molar-refractivity contribution in [3.05, 3.63) is 28.7 Å². The molecule has 0 spiro atoms. The predicted octanol–water partition coefficient (Wildman–Crippen LogP) is 2.46. The van der Waals surface area contributed by atoms with Crippen molar-refractivity contribution < 1.29 is 14.3 Å². The van der Waals surface area contributed by atoms with Crippen LogP contribution in [0.1, 0.15) is 19.3 Å². The number of morpholine rings is 1. The zero-order valence-corrected chi connectivity index (χ0v) is 14.5. The summed E-state index contributed by atoms with van der Waals surface area (Å²) < 4.78 is 6.53. The lowest BCUT2D eigenvalue weighted by atomic mass is 9.95. The third-order valence-corrected chi connectivity index (χ3v) is 5.10. The van der Waals surface area contributed by atoms with Crippen molar-refractivity contribution in [1.29, 1.82) is 0 Å². The normalized spacial score (nSPS) is 25.5. The van der Waals surface area contributed by atoms with Crippen molar-refractivity contribution in [3.8, 4) is 0 Å². The van der Waals surface area contributed by atoms with Crippen molar-refractivity contribution in [2.24, 2.45) is 5.92 Å². The monoisotopic (exact) mass is 380 g/mol. The van der Waals surface area contributed by atoms with E-state index in [1.165, 1.54) is 0 Å². The third-order valence-electron chi connectivity index (χ3n) is 4.57. The first-order valence-electron chi connectivity index (χ1n) is 8.03. The molecule has 2 fully saturated rings. The number of nitrogens with zero attached hydrogens (tertiary/aromatic N) is 1. The molecule has 0 aromatic heterocycles. The molecule has 0 bridgehead atoms. The summed E-state index contributed by atoms with van der Waals surface area (Å²) in [5, 5.41) is 2.91. The van der Waals surface area contributed by atoms with E-state index in [1.807, 2.05) is 24.3 Å². The number of rotatable bonds is 4. The van der Waals surface area contributed by atoms with Gasteiger partial charge in [-0.25, -0.2) is 0 Å². The van der Waals surface area contributed by atoms with Crippen LogP contribution in [0.3, 0.4) is 0 Å². The van der Waals surface area contributed by atoms with Gasteiger partial charge >= 0.3 is 0 Å². The standard InChI is InChI=1S/C17H21BrN2O3/c18-12-4-6-13(7-5-12)19-17(22)10-20-8-9-23-11-15(20)14-2-1-3-16(14)21/h4-7,14-15H,1-3,8-11H2,(H,19,22)/t14-,15+/m1/s1. The highest BCUT2D eigenvalue weighted by Gasteiger charge is 2.37. The molecule has 1 aliphatic heterocycles. The second-order valence-corrected chi connectivity index (χ2v) is 7.05. The van der Waals surface area contributed by atoms with E-state index in [9.17, 15) is 9.59 Å². The molecular weight excluding hydrogens is 360 g/mol. The molecule has 3 rings (SSSR count). The van der Waals surface area contributed by atoms with Gasteiger partial charge in [0, 0.05) is 35.1 Å². The number of amides is 1. The summed E-state index contributed by atoms with van der Waals surface area (Å²) >= 11 is 3.38. The van der Waals surface area contributed by atoms with Gasteiger partial charge in [0.1, 0.15) is 5.78 Å². The molecule has 23 heavy (non-hydrogen) atoms. The number of anilines is 1. The second kappa shape index (κ2) is 7.55. The average Bonchev–Trinajstić information content (AvgIpc) is 2.96. The Hall–Kier alpha value is -1.24. The van der Waals surface area contributed by atoms with E-state index in [1.54, 1.807) is 0 Å². The number of hydrogen-bond acceptors (Lipinski definition) is 4. The fourth-order valence-corrected chi connectivity index (χ4v) is 3.66. The van der Waals surface area contributed by atoms with Gasteiger partial charge in [0.05, 0.1) is 19.8 Å². The first kappa shape index (κ1) is 16.6. The SMILES string of the molecule is O=C(CN1CCOC[C@H]1[C@H]1CCCC1=O)Nc1ccc(Br)cc1. The van der Waals surface area contributed by atoms with Crippen molar-refractivity contribution in [2.75, 3.05) is 31.6 Å². The maximum atomic E-state index is 12.3.